The molecular formula is C16H28N4. The van der Waals surface area contributed by atoms with Crippen molar-refractivity contribution in [3.63, 3.8) is 0 Å². The molecule has 2 heterocycles. The van der Waals surface area contributed by atoms with Gasteiger partial charge < -0.3 is 5.32 Å². The van der Waals surface area contributed by atoms with Gasteiger partial charge in [-0.25, -0.2) is 0 Å². The Hall–Kier alpha value is -0.870. The van der Waals surface area contributed by atoms with Gasteiger partial charge >= 0.3 is 0 Å². The summed E-state index contributed by atoms with van der Waals surface area (Å²) in [6.45, 7) is 10.4. The van der Waals surface area contributed by atoms with E-state index in [1.54, 1.807) is 0 Å². The third-order valence-electron chi connectivity index (χ3n) is 5.50. The van der Waals surface area contributed by atoms with Crippen LogP contribution in [-0.4, -0.2) is 38.8 Å². The predicted molar refractivity (Wildman–Crippen MR) is 81.4 cm³/mol. The first-order valence-corrected chi connectivity index (χ1v) is 7.93. The molecule has 1 aliphatic carbocycles. The molecule has 2 fully saturated rings. The molecule has 2 atom stereocenters. The number of hydrogen-bond donors (Lipinski definition) is 1. The first kappa shape index (κ1) is 14.1. The number of rotatable bonds is 4. The summed E-state index contributed by atoms with van der Waals surface area (Å²) in [5.74, 6) is 0.869. The van der Waals surface area contributed by atoms with E-state index in [-0.39, 0.29) is 5.54 Å². The average molecular weight is 276 g/mol. The zero-order valence-corrected chi connectivity index (χ0v) is 13.3. The molecule has 2 aliphatic rings. The van der Waals surface area contributed by atoms with Crippen molar-refractivity contribution in [3.05, 3.63) is 18.0 Å². The third-order valence-corrected chi connectivity index (χ3v) is 5.50. The molecule has 112 valence electrons. The maximum absolute atomic E-state index is 4.32. The molecule has 0 amide bonds. The molecule has 1 aromatic heterocycles. The van der Waals surface area contributed by atoms with Crippen molar-refractivity contribution >= 4 is 0 Å². The van der Waals surface area contributed by atoms with E-state index in [2.05, 4.69) is 42.3 Å². The Morgan fingerprint density at radius 2 is 2.15 bits per heavy atom. The lowest BCUT2D eigenvalue weighted by atomic mass is 9.84. The minimum Gasteiger partial charge on any atom is -0.308 e. The molecule has 4 nitrogen and oxygen atoms in total. The topological polar surface area (TPSA) is 33.1 Å². The minimum atomic E-state index is 0.247. The second kappa shape index (κ2) is 4.85. The Labute approximate surface area is 122 Å². The fourth-order valence-electron chi connectivity index (χ4n) is 3.52. The summed E-state index contributed by atoms with van der Waals surface area (Å²) in [6.07, 6.45) is 8.13. The fourth-order valence-corrected chi connectivity index (χ4v) is 3.52. The summed E-state index contributed by atoms with van der Waals surface area (Å²) >= 11 is 0. The van der Waals surface area contributed by atoms with Crippen molar-refractivity contribution in [1.29, 1.82) is 0 Å². The second-order valence-corrected chi connectivity index (χ2v) is 7.28. The monoisotopic (exact) mass is 276 g/mol. The van der Waals surface area contributed by atoms with E-state index < -0.39 is 0 Å². The summed E-state index contributed by atoms with van der Waals surface area (Å²) in [4.78, 5) is 2.71. The van der Waals surface area contributed by atoms with Crippen molar-refractivity contribution in [2.24, 2.45) is 13.0 Å². The van der Waals surface area contributed by atoms with E-state index in [0.717, 1.165) is 25.6 Å². The van der Waals surface area contributed by atoms with Gasteiger partial charge in [0.25, 0.3) is 0 Å². The van der Waals surface area contributed by atoms with Crippen LogP contribution in [0.15, 0.2) is 12.4 Å². The number of piperazine rings is 1. The standard InChI is InChI=1S/C16H28N4/c1-5-15(2)12-20(10-13-8-18-19(4)9-13)16(3,11-17-15)14-6-7-14/h8-9,14,17H,5-7,10-12H2,1-4H3. The highest BCUT2D eigenvalue weighted by Crippen LogP contribution is 2.45. The first-order chi connectivity index (χ1) is 9.45. The highest BCUT2D eigenvalue weighted by molar-refractivity contribution is 5.12. The smallest absolute Gasteiger partial charge is 0.0534 e. The van der Waals surface area contributed by atoms with Crippen LogP contribution in [0, 0.1) is 5.92 Å². The van der Waals surface area contributed by atoms with Crippen molar-refractivity contribution < 1.29 is 0 Å². The van der Waals surface area contributed by atoms with Gasteiger partial charge in [0, 0.05) is 49.5 Å². The van der Waals surface area contributed by atoms with Crippen molar-refractivity contribution in [3.8, 4) is 0 Å². The first-order valence-electron chi connectivity index (χ1n) is 7.93. The summed E-state index contributed by atoms with van der Waals surface area (Å²) in [7, 11) is 2.00. The lowest BCUT2D eigenvalue weighted by Gasteiger charge is -2.52. The molecular weight excluding hydrogens is 248 g/mol. The van der Waals surface area contributed by atoms with Gasteiger partial charge in [0.1, 0.15) is 0 Å². The number of nitrogens with one attached hydrogen (secondary N) is 1. The highest BCUT2D eigenvalue weighted by Gasteiger charge is 2.50. The molecule has 0 bridgehead atoms. The molecule has 1 aromatic rings. The highest BCUT2D eigenvalue weighted by atomic mass is 15.3. The molecule has 1 N–H and O–H groups in total. The number of aryl methyl sites for hydroxylation is 1. The molecule has 0 radical (unpaired) electrons. The molecule has 0 aromatic carbocycles. The minimum absolute atomic E-state index is 0.247. The Kier molecular flexibility index (Phi) is 3.41. The summed E-state index contributed by atoms with van der Waals surface area (Å²) < 4.78 is 1.91. The number of hydrogen-bond acceptors (Lipinski definition) is 3. The van der Waals surface area contributed by atoms with Crippen molar-refractivity contribution in [1.82, 2.24) is 20.0 Å². The zero-order chi connectivity index (χ0) is 14.4. The third kappa shape index (κ3) is 2.51. The van der Waals surface area contributed by atoms with E-state index >= 15 is 0 Å². The number of aromatic nitrogens is 2. The molecule has 4 heteroatoms. The van der Waals surface area contributed by atoms with Crippen LogP contribution >= 0.6 is 0 Å². The Morgan fingerprint density at radius 1 is 1.40 bits per heavy atom. The van der Waals surface area contributed by atoms with E-state index in [4.69, 9.17) is 0 Å². The van der Waals surface area contributed by atoms with Gasteiger partial charge in [0.2, 0.25) is 0 Å². The van der Waals surface area contributed by atoms with Crippen LogP contribution < -0.4 is 5.32 Å². The van der Waals surface area contributed by atoms with Crippen LogP contribution in [0.3, 0.4) is 0 Å². The second-order valence-electron chi connectivity index (χ2n) is 7.28. The molecule has 0 spiro atoms. The van der Waals surface area contributed by atoms with Gasteiger partial charge in [-0.15, -0.1) is 0 Å². The SMILES string of the molecule is CCC1(C)CN(Cc2cnn(C)c2)C(C)(C2CC2)CN1. The molecule has 2 unspecified atom stereocenters. The number of nitrogens with zero attached hydrogens (tertiary/aromatic N) is 3. The van der Waals surface area contributed by atoms with Gasteiger partial charge in [-0.3, -0.25) is 9.58 Å². The van der Waals surface area contributed by atoms with Gasteiger partial charge in [-0.05, 0) is 39.0 Å². The Morgan fingerprint density at radius 3 is 2.70 bits per heavy atom. The summed E-state index contributed by atoms with van der Waals surface area (Å²) in [6, 6.07) is 0. The van der Waals surface area contributed by atoms with Gasteiger partial charge in [-0.1, -0.05) is 6.92 Å². The average Bonchev–Trinajstić information content (AvgIpc) is 3.20. The van der Waals surface area contributed by atoms with Crippen LogP contribution in [0.25, 0.3) is 0 Å². The Balaban J connectivity index is 1.81. The molecule has 1 aliphatic heterocycles. The van der Waals surface area contributed by atoms with Crippen molar-refractivity contribution in [2.75, 3.05) is 13.1 Å². The van der Waals surface area contributed by atoms with Crippen LogP contribution in [0.2, 0.25) is 0 Å². The maximum Gasteiger partial charge on any atom is 0.0534 e. The van der Waals surface area contributed by atoms with Gasteiger partial charge in [0.15, 0.2) is 0 Å². The molecule has 1 saturated carbocycles. The maximum atomic E-state index is 4.32. The lowest BCUT2D eigenvalue weighted by Crippen LogP contribution is -2.68. The Bertz CT molecular complexity index is 479. The van der Waals surface area contributed by atoms with Crippen LogP contribution in [-0.2, 0) is 13.6 Å². The molecule has 20 heavy (non-hydrogen) atoms. The normalized spacial score (nSPS) is 35.4. The quantitative estimate of drug-likeness (QED) is 0.915. The largest absolute Gasteiger partial charge is 0.308 e. The molecule has 1 saturated heterocycles. The molecule has 3 rings (SSSR count). The lowest BCUT2D eigenvalue weighted by molar-refractivity contribution is -0.00135. The van der Waals surface area contributed by atoms with E-state index in [1.807, 2.05) is 17.9 Å². The van der Waals surface area contributed by atoms with E-state index in [1.165, 1.54) is 24.8 Å². The predicted octanol–water partition coefficient (Wildman–Crippen LogP) is 2.16. The zero-order valence-electron chi connectivity index (χ0n) is 13.3. The van der Waals surface area contributed by atoms with E-state index in [9.17, 15) is 0 Å². The van der Waals surface area contributed by atoms with E-state index in [0.29, 0.717) is 5.54 Å². The fraction of sp³-hybridized carbons (Fsp3) is 0.812. The van der Waals surface area contributed by atoms with Crippen LogP contribution in [0.5, 0.6) is 0 Å². The summed E-state index contributed by atoms with van der Waals surface area (Å²) in [5, 5.41) is 8.14. The van der Waals surface area contributed by atoms with Crippen molar-refractivity contribution in [2.45, 2.75) is 57.7 Å². The summed E-state index contributed by atoms with van der Waals surface area (Å²) in [5.41, 5.74) is 1.89. The van der Waals surface area contributed by atoms with Crippen LogP contribution in [0.1, 0.15) is 45.6 Å². The van der Waals surface area contributed by atoms with Gasteiger partial charge in [-0.2, -0.15) is 5.10 Å². The van der Waals surface area contributed by atoms with Gasteiger partial charge in [0.05, 0.1) is 6.20 Å². The van der Waals surface area contributed by atoms with Crippen LogP contribution in [0.4, 0.5) is 0 Å².